The first-order chi connectivity index (χ1) is 6.09. The number of nitrogens with zero attached hydrogens (tertiary/aromatic N) is 2. The van der Waals surface area contributed by atoms with E-state index >= 15 is 0 Å². The predicted molar refractivity (Wildman–Crippen MR) is 39.4 cm³/mol. The second-order valence-corrected chi connectivity index (χ2v) is 2.45. The molecule has 72 valence electrons. The molecule has 6 heteroatoms. The molecular weight excluding hydrogens is 182 g/mol. The van der Waals surface area contributed by atoms with Gasteiger partial charge >= 0.3 is 5.97 Å². The predicted octanol–water partition coefficient (Wildman–Crippen LogP) is 1.30. The van der Waals surface area contributed by atoms with E-state index in [0.29, 0.717) is 0 Å². The number of aliphatic carboxylic acids is 1. The zero-order valence-electron chi connectivity index (χ0n) is 6.65. The Labute approximate surface area is 72.8 Å². The average molecular weight is 190 g/mol. The van der Waals surface area contributed by atoms with Gasteiger partial charge in [-0.25, -0.2) is 8.78 Å². The van der Waals surface area contributed by atoms with Gasteiger partial charge in [-0.1, -0.05) is 0 Å². The van der Waals surface area contributed by atoms with Crippen LogP contribution in [0.4, 0.5) is 8.78 Å². The number of hydrogen-bond acceptors (Lipinski definition) is 2. The molecule has 0 spiro atoms. The quantitative estimate of drug-likeness (QED) is 0.778. The molecule has 1 aromatic heterocycles. The van der Waals surface area contributed by atoms with Crippen LogP contribution in [-0.4, -0.2) is 20.9 Å². The summed E-state index contributed by atoms with van der Waals surface area (Å²) in [6, 6.07) is 1.17. The van der Waals surface area contributed by atoms with Gasteiger partial charge in [-0.3, -0.25) is 9.48 Å². The lowest BCUT2D eigenvalue weighted by Gasteiger charge is -1.96. The standard InChI is InChI=1S/C7H8F2N2O2/c8-7(9)5-1-3-11(10-5)4-2-6(12)13/h1,3,7H,2,4H2,(H,12,13). The van der Waals surface area contributed by atoms with E-state index in [1.54, 1.807) is 0 Å². The van der Waals surface area contributed by atoms with Gasteiger partial charge in [0.2, 0.25) is 0 Å². The molecule has 0 aliphatic carbocycles. The highest BCUT2D eigenvalue weighted by molar-refractivity contribution is 5.66. The van der Waals surface area contributed by atoms with E-state index in [2.05, 4.69) is 5.10 Å². The Morgan fingerprint density at radius 3 is 2.85 bits per heavy atom. The molecule has 0 bridgehead atoms. The van der Waals surface area contributed by atoms with Crippen molar-refractivity contribution in [1.82, 2.24) is 9.78 Å². The van der Waals surface area contributed by atoms with Crippen molar-refractivity contribution in [3.05, 3.63) is 18.0 Å². The minimum Gasteiger partial charge on any atom is -0.481 e. The smallest absolute Gasteiger partial charge is 0.305 e. The lowest BCUT2D eigenvalue weighted by atomic mass is 10.4. The van der Waals surface area contributed by atoms with Crippen LogP contribution in [0.5, 0.6) is 0 Å². The van der Waals surface area contributed by atoms with Crippen LogP contribution in [0, 0.1) is 0 Å². The van der Waals surface area contributed by atoms with Crippen LogP contribution in [0.3, 0.4) is 0 Å². The number of rotatable bonds is 4. The summed E-state index contributed by atoms with van der Waals surface area (Å²) < 4.78 is 25.2. The number of aromatic nitrogens is 2. The van der Waals surface area contributed by atoms with Crippen LogP contribution in [-0.2, 0) is 11.3 Å². The summed E-state index contributed by atoms with van der Waals surface area (Å²) in [5.74, 6) is -0.978. The van der Waals surface area contributed by atoms with Crippen molar-refractivity contribution in [2.24, 2.45) is 0 Å². The van der Waals surface area contributed by atoms with Crippen molar-refractivity contribution >= 4 is 5.97 Å². The molecular formula is C7H8F2N2O2. The number of halogens is 2. The van der Waals surface area contributed by atoms with Crippen molar-refractivity contribution in [1.29, 1.82) is 0 Å². The Morgan fingerprint density at radius 1 is 1.69 bits per heavy atom. The summed E-state index contributed by atoms with van der Waals surface area (Å²) in [5, 5.41) is 11.8. The maximum atomic E-state index is 12.0. The minimum absolute atomic E-state index is 0.113. The van der Waals surface area contributed by atoms with Crippen molar-refractivity contribution in [2.75, 3.05) is 0 Å². The second kappa shape index (κ2) is 3.97. The zero-order chi connectivity index (χ0) is 9.84. The van der Waals surface area contributed by atoms with Crippen molar-refractivity contribution in [3.8, 4) is 0 Å². The Balaban J connectivity index is 2.54. The highest BCUT2D eigenvalue weighted by atomic mass is 19.3. The first-order valence-corrected chi connectivity index (χ1v) is 3.63. The first-order valence-electron chi connectivity index (χ1n) is 3.63. The number of aryl methyl sites for hydroxylation is 1. The first kappa shape index (κ1) is 9.63. The molecule has 0 saturated heterocycles. The number of carboxylic acids is 1. The third kappa shape index (κ3) is 2.81. The van der Waals surface area contributed by atoms with E-state index in [9.17, 15) is 13.6 Å². The summed E-state index contributed by atoms with van der Waals surface area (Å²) in [7, 11) is 0. The van der Waals surface area contributed by atoms with Gasteiger partial charge in [-0.2, -0.15) is 5.10 Å². The third-order valence-electron chi connectivity index (χ3n) is 1.44. The van der Waals surface area contributed by atoms with Gasteiger partial charge in [-0.05, 0) is 6.07 Å². The maximum Gasteiger partial charge on any atom is 0.305 e. The highest BCUT2D eigenvalue weighted by Gasteiger charge is 2.10. The average Bonchev–Trinajstić information content (AvgIpc) is 2.48. The molecule has 0 amide bonds. The van der Waals surface area contributed by atoms with Crippen LogP contribution in [0.1, 0.15) is 18.5 Å². The molecule has 0 aliphatic rings. The van der Waals surface area contributed by atoms with Gasteiger partial charge in [0.15, 0.2) is 0 Å². The summed E-state index contributed by atoms with van der Waals surface area (Å²) in [5.41, 5.74) is -0.328. The van der Waals surface area contributed by atoms with Gasteiger partial charge < -0.3 is 5.11 Å². The van der Waals surface area contributed by atoms with Gasteiger partial charge in [0.25, 0.3) is 6.43 Å². The van der Waals surface area contributed by atoms with E-state index in [1.807, 2.05) is 0 Å². The second-order valence-electron chi connectivity index (χ2n) is 2.45. The molecule has 1 aromatic rings. The summed E-state index contributed by atoms with van der Waals surface area (Å²) in [4.78, 5) is 10.1. The third-order valence-corrected chi connectivity index (χ3v) is 1.44. The molecule has 0 unspecified atom stereocenters. The topological polar surface area (TPSA) is 55.1 Å². The van der Waals surface area contributed by atoms with Crippen LogP contribution in [0.25, 0.3) is 0 Å². The molecule has 0 fully saturated rings. The molecule has 0 aliphatic heterocycles. The summed E-state index contributed by atoms with van der Waals surface area (Å²) >= 11 is 0. The molecule has 0 atom stereocenters. The zero-order valence-corrected chi connectivity index (χ0v) is 6.65. The maximum absolute atomic E-state index is 12.0. The molecule has 0 radical (unpaired) electrons. The SMILES string of the molecule is O=C(O)CCn1ccc(C(F)F)n1. The van der Waals surface area contributed by atoms with E-state index < -0.39 is 12.4 Å². The Kier molecular flexibility index (Phi) is 2.94. The summed E-state index contributed by atoms with van der Waals surface area (Å²) in [6.07, 6.45) is -1.39. The van der Waals surface area contributed by atoms with Gasteiger partial charge in [0, 0.05) is 6.20 Å². The van der Waals surface area contributed by atoms with Gasteiger partial charge in [0.1, 0.15) is 5.69 Å². The fourth-order valence-corrected chi connectivity index (χ4v) is 0.828. The van der Waals surface area contributed by atoms with Crippen molar-refractivity contribution in [3.63, 3.8) is 0 Å². The van der Waals surface area contributed by atoms with E-state index in [4.69, 9.17) is 5.11 Å². The lowest BCUT2D eigenvalue weighted by Crippen LogP contribution is -2.05. The Bertz CT molecular complexity index is 298. The molecule has 4 nitrogen and oxygen atoms in total. The van der Waals surface area contributed by atoms with E-state index in [1.165, 1.54) is 16.9 Å². The Morgan fingerprint density at radius 2 is 2.38 bits per heavy atom. The molecule has 1 N–H and O–H groups in total. The number of hydrogen-bond donors (Lipinski definition) is 1. The molecule has 1 heterocycles. The van der Waals surface area contributed by atoms with Crippen LogP contribution in [0.2, 0.25) is 0 Å². The highest BCUT2D eigenvalue weighted by Crippen LogP contribution is 2.15. The van der Waals surface area contributed by atoms with E-state index in [-0.39, 0.29) is 18.7 Å². The van der Waals surface area contributed by atoms with Crippen molar-refractivity contribution < 1.29 is 18.7 Å². The summed E-state index contributed by atoms with van der Waals surface area (Å²) in [6.45, 7) is 0.113. The molecule has 1 rings (SSSR count). The van der Waals surface area contributed by atoms with E-state index in [0.717, 1.165) is 0 Å². The van der Waals surface area contributed by atoms with Crippen molar-refractivity contribution in [2.45, 2.75) is 19.4 Å². The monoisotopic (exact) mass is 190 g/mol. The molecule has 13 heavy (non-hydrogen) atoms. The number of carbonyl (C=O) groups is 1. The normalized spacial score (nSPS) is 10.7. The Hall–Kier alpha value is -1.46. The fraction of sp³-hybridized carbons (Fsp3) is 0.429. The lowest BCUT2D eigenvalue weighted by molar-refractivity contribution is -0.137. The fourth-order valence-electron chi connectivity index (χ4n) is 0.828. The molecule has 0 aromatic carbocycles. The van der Waals surface area contributed by atoms with Crippen LogP contribution < -0.4 is 0 Å². The van der Waals surface area contributed by atoms with Crippen LogP contribution in [0.15, 0.2) is 12.3 Å². The largest absolute Gasteiger partial charge is 0.481 e. The number of carboxylic acid groups (broad SMARTS) is 1. The van der Waals surface area contributed by atoms with Crippen LogP contribution >= 0.6 is 0 Å². The number of alkyl halides is 2. The minimum atomic E-state index is -2.61. The molecule has 0 saturated carbocycles. The van der Waals surface area contributed by atoms with Gasteiger partial charge in [0.05, 0.1) is 13.0 Å². The van der Waals surface area contributed by atoms with Gasteiger partial charge in [-0.15, -0.1) is 0 Å².